The molecule has 0 radical (unpaired) electrons. The third-order valence-corrected chi connectivity index (χ3v) is 6.25. The predicted octanol–water partition coefficient (Wildman–Crippen LogP) is 4.55. The number of pyridine rings is 1. The average molecular weight is 539 g/mol. The molecule has 0 aliphatic heterocycles. The van der Waals surface area contributed by atoms with Crippen LogP contribution in [0.3, 0.4) is 0 Å². The molecule has 4 rings (SSSR count). The lowest BCUT2D eigenvalue weighted by atomic mass is 9.95. The molecule has 0 aliphatic rings. The minimum atomic E-state index is -0.774. The Kier molecular flexibility index (Phi) is 6.70. The zero-order chi connectivity index (χ0) is 25.3. The van der Waals surface area contributed by atoms with Gasteiger partial charge in [-0.2, -0.15) is 0 Å². The summed E-state index contributed by atoms with van der Waals surface area (Å²) in [5.74, 6) is 0.912. The van der Waals surface area contributed by atoms with Crippen LogP contribution in [0, 0.1) is 0 Å². The third-order valence-electron chi connectivity index (χ3n) is 5.66. The highest BCUT2D eigenvalue weighted by Gasteiger charge is 2.26. The van der Waals surface area contributed by atoms with Crippen LogP contribution < -0.4 is 30.2 Å². The number of ether oxygens (including phenoxy) is 4. The first-order valence-corrected chi connectivity index (χ1v) is 11.3. The molecule has 0 saturated carbocycles. The Morgan fingerprint density at radius 1 is 0.829 bits per heavy atom. The molecule has 35 heavy (non-hydrogen) atoms. The molecule has 0 saturated heterocycles. The van der Waals surface area contributed by atoms with Crippen LogP contribution in [0.15, 0.2) is 63.9 Å². The van der Waals surface area contributed by atoms with Gasteiger partial charge in [-0.1, -0.05) is 18.2 Å². The van der Waals surface area contributed by atoms with E-state index in [4.69, 9.17) is 24.7 Å². The molecule has 8 nitrogen and oxygen atoms in total. The summed E-state index contributed by atoms with van der Waals surface area (Å²) in [6.45, 7) is 0. The lowest BCUT2D eigenvalue weighted by Gasteiger charge is -2.20. The summed E-state index contributed by atoms with van der Waals surface area (Å²) >= 11 is 3.52. The second kappa shape index (κ2) is 9.71. The normalized spacial score (nSPS) is 10.8. The van der Waals surface area contributed by atoms with E-state index in [9.17, 15) is 9.59 Å². The van der Waals surface area contributed by atoms with Crippen LogP contribution in [0.25, 0.3) is 27.6 Å². The molecule has 4 aromatic rings. The second-order valence-electron chi connectivity index (χ2n) is 7.51. The number of rotatable bonds is 7. The van der Waals surface area contributed by atoms with Gasteiger partial charge < -0.3 is 24.7 Å². The van der Waals surface area contributed by atoms with Crippen LogP contribution in [0.2, 0.25) is 0 Å². The number of para-hydroxylation sites is 1. The number of nitrogens with zero attached hydrogens (tertiary/aromatic N) is 1. The average Bonchev–Trinajstić information content (AvgIpc) is 2.87. The smallest absolute Gasteiger partial charge is 0.266 e. The van der Waals surface area contributed by atoms with Crippen molar-refractivity contribution >= 4 is 32.6 Å². The number of halogens is 1. The number of primary amides is 1. The van der Waals surface area contributed by atoms with Gasteiger partial charge in [0.25, 0.3) is 11.5 Å². The summed E-state index contributed by atoms with van der Waals surface area (Å²) in [7, 11) is 6.03. The SMILES string of the molecule is COc1cc2c(-c3cc(Br)c(OC)c(OC)c3)c(C(N)=O)n(-c3ccccc3)c(=O)c2cc1OC. The Bertz CT molecular complexity index is 1500. The second-order valence-corrected chi connectivity index (χ2v) is 8.36. The minimum Gasteiger partial charge on any atom is -0.493 e. The van der Waals surface area contributed by atoms with Crippen molar-refractivity contribution in [1.82, 2.24) is 4.57 Å². The van der Waals surface area contributed by atoms with Gasteiger partial charge in [0, 0.05) is 16.6 Å². The number of carbonyl (C=O) groups is 1. The Morgan fingerprint density at radius 3 is 1.97 bits per heavy atom. The van der Waals surface area contributed by atoms with Crippen molar-refractivity contribution in [2.45, 2.75) is 0 Å². The van der Waals surface area contributed by atoms with Gasteiger partial charge in [0.1, 0.15) is 5.69 Å². The van der Waals surface area contributed by atoms with Crippen LogP contribution in [-0.2, 0) is 0 Å². The number of hydrogen-bond acceptors (Lipinski definition) is 6. The first-order valence-electron chi connectivity index (χ1n) is 10.5. The molecule has 1 aromatic heterocycles. The number of aromatic nitrogens is 1. The number of nitrogens with two attached hydrogens (primary N) is 1. The van der Waals surface area contributed by atoms with Crippen LogP contribution in [0.4, 0.5) is 0 Å². The maximum absolute atomic E-state index is 13.8. The zero-order valence-electron chi connectivity index (χ0n) is 19.5. The molecular formula is C26H23BrN2O6. The molecular weight excluding hydrogens is 516 g/mol. The molecule has 9 heteroatoms. The fourth-order valence-electron chi connectivity index (χ4n) is 4.14. The van der Waals surface area contributed by atoms with Crippen molar-refractivity contribution in [2.75, 3.05) is 28.4 Å². The topological polar surface area (TPSA) is 102 Å². The molecule has 2 N–H and O–H groups in total. The number of fused-ring (bicyclic) bond motifs is 1. The van der Waals surface area contributed by atoms with Crippen molar-refractivity contribution in [3.05, 3.63) is 75.1 Å². The van der Waals surface area contributed by atoms with E-state index in [1.54, 1.807) is 48.5 Å². The summed E-state index contributed by atoms with van der Waals surface area (Å²) in [5.41, 5.74) is 7.00. The van der Waals surface area contributed by atoms with E-state index in [1.807, 2.05) is 6.07 Å². The molecule has 3 aromatic carbocycles. The van der Waals surface area contributed by atoms with Crippen LogP contribution in [0.5, 0.6) is 23.0 Å². The lowest BCUT2D eigenvalue weighted by Crippen LogP contribution is -2.29. The van der Waals surface area contributed by atoms with E-state index in [0.717, 1.165) is 0 Å². The summed E-state index contributed by atoms with van der Waals surface area (Å²) in [4.78, 5) is 26.8. The lowest BCUT2D eigenvalue weighted by molar-refractivity contribution is 0.0993. The number of carbonyl (C=O) groups excluding carboxylic acids is 1. The molecule has 0 atom stereocenters. The van der Waals surface area contributed by atoms with E-state index in [2.05, 4.69) is 15.9 Å². The number of amides is 1. The molecule has 0 spiro atoms. The van der Waals surface area contributed by atoms with Gasteiger partial charge in [-0.25, -0.2) is 0 Å². The van der Waals surface area contributed by atoms with Gasteiger partial charge in [0.2, 0.25) is 0 Å². The third kappa shape index (κ3) is 4.08. The molecule has 0 fully saturated rings. The van der Waals surface area contributed by atoms with Crippen LogP contribution in [0.1, 0.15) is 10.5 Å². The van der Waals surface area contributed by atoms with Crippen molar-refractivity contribution in [3.8, 4) is 39.8 Å². The van der Waals surface area contributed by atoms with Crippen molar-refractivity contribution in [2.24, 2.45) is 5.73 Å². The first-order chi connectivity index (χ1) is 16.9. The standard InChI is InChI=1S/C26H23BrN2O6/c1-32-19-12-16-17(13-20(19)33-2)26(31)29(15-8-6-5-7-9-15)23(25(28)30)22(16)14-10-18(27)24(35-4)21(11-14)34-3/h5-13H,1-4H3,(H2,28,30). The number of hydrogen-bond donors (Lipinski definition) is 1. The Balaban J connectivity index is 2.28. The number of benzene rings is 3. The van der Waals surface area contributed by atoms with E-state index in [-0.39, 0.29) is 5.69 Å². The van der Waals surface area contributed by atoms with E-state index < -0.39 is 11.5 Å². The maximum Gasteiger partial charge on any atom is 0.266 e. The highest BCUT2D eigenvalue weighted by Crippen LogP contribution is 2.43. The summed E-state index contributed by atoms with van der Waals surface area (Å²) < 4.78 is 23.8. The monoisotopic (exact) mass is 538 g/mol. The highest BCUT2D eigenvalue weighted by molar-refractivity contribution is 9.10. The summed E-state index contributed by atoms with van der Waals surface area (Å²) in [6, 6.07) is 15.6. The van der Waals surface area contributed by atoms with Gasteiger partial charge in [-0.05, 0) is 57.9 Å². The molecule has 1 heterocycles. The molecule has 0 unspecified atom stereocenters. The van der Waals surface area contributed by atoms with Gasteiger partial charge in [0.15, 0.2) is 23.0 Å². The Morgan fingerprint density at radius 2 is 1.43 bits per heavy atom. The summed E-state index contributed by atoms with van der Waals surface area (Å²) in [6.07, 6.45) is 0. The molecule has 180 valence electrons. The number of methoxy groups -OCH3 is 4. The Hall–Kier alpha value is -3.98. The quantitative estimate of drug-likeness (QED) is 0.370. The van der Waals surface area contributed by atoms with Crippen LogP contribution >= 0.6 is 15.9 Å². The maximum atomic E-state index is 13.8. The molecule has 1 amide bonds. The fraction of sp³-hybridized carbons (Fsp3) is 0.154. The Labute approximate surface area is 209 Å². The zero-order valence-corrected chi connectivity index (χ0v) is 21.1. The van der Waals surface area contributed by atoms with Gasteiger partial charge in [0.05, 0.1) is 38.3 Å². The van der Waals surface area contributed by atoms with E-state index >= 15 is 0 Å². The fourth-order valence-corrected chi connectivity index (χ4v) is 4.74. The van der Waals surface area contributed by atoms with Gasteiger partial charge in [-0.15, -0.1) is 0 Å². The predicted molar refractivity (Wildman–Crippen MR) is 137 cm³/mol. The van der Waals surface area contributed by atoms with E-state index in [1.165, 1.54) is 33.0 Å². The first kappa shape index (κ1) is 24.2. The minimum absolute atomic E-state index is 0.0139. The van der Waals surface area contributed by atoms with Crippen molar-refractivity contribution < 1.29 is 23.7 Å². The highest BCUT2D eigenvalue weighted by atomic mass is 79.9. The summed E-state index contributed by atoms with van der Waals surface area (Å²) in [5, 5.41) is 0.783. The van der Waals surface area contributed by atoms with Gasteiger partial charge in [-0.3, -0.25) is 14.2 Å². The molecule has 0 bridgehead atoms. The van der Waals surface area contributed by atoms with Gasteiger partial charge >= 0.3 is 0 Å². The van der Waals surface area contributed by atoms with Crippen molar-refractivity contribution in [1.29, 1.82) is 0 Å². The van der Waals surface area contributed by atoms with Crippen molar-refractivity contribution in [3.63, 3.8) is 0 Å². The molecule has 0 aliphatic carbocycles. The largest absolute Gasteiger partial charge is 0.493 e. The van der Waals surface area contributed by atoms with Crippen LogP contribution in [-0.4, -0.2) is 38.9 Å². The van der Waals surface area contributed by atoms with E-state index in [0.29, 0.717) is 55.1 Å².